The molecule has 3 nitrogen and oxygen atoms in total. The largest absolute Gasteiger partial charge is 0.340 e. The number of benzene rings is 4. The number of aromatic nitrogens is 1. The molecule has 1 heterocycles. The van der Waals surface area contributed by atoms with E-state index in [0.29, 0.717) is 32.3 Å². The highest BCUT2D eigenvalue weighted by atomic mass is 35.5. The average Bonchev–Trinajstić information content (AvgIpc) is 3.23. The summed E-state index contributed by atoms with van der Waals surface area (Å²) in [7, 11) is 0. The number of carbonyl (C=O) groups is 2. The normalized spacial score (nSPS) is 11.3. The van der Waals surface area contributed by atoms with Crippen LogP contribution in [0.1, 0.15) is 64.4 Å². The lowest BCUT2D eigenvalue weighted by atomic mass is 9.99. The average molecular weight is 528 g/mol. The van der Waals surface area contributed by atoms with Gasteiger partial charge in [0, 0.05) is 60.6 Å². The maximum atomic E-state index is 13.3. The zero-order valence-corrected chi connectivity index (χ0v) is 22.1. The number of carbonyl (C=O) groups excluding carboxylic acids is 2. The van der Waals surface area contributed by atoms with E-state index in [1.165, 1.54) is 12.8 Å². The van der Waals surface area contributed by atoms with Gasteiger partial charge in [0.2, 0.25) is 0 Å². The molecule has 0 spiro atoms. The molecule has 0 bridgehead atoms. The first-order chi connectivity index (χ1) is 18.0. The van der Waals surface area contributed by atoms with E-state index in [2.05, 4.69) is 11.5 Å². The van der Waals surface area contributed by atoms with Crippen LogP contribution in [0.3, 0.4) is 0 Å². The first-order valence-corrected chi connectivity index (χ1v) is 13.4. The van der Waals surface area contributed by atoms with Crippen molar-refractivity contribution in [1.82, 2.24) is 4.57 Å². The number of aryl methyl sites for hydroxylation is 1. The predicted octanol–water partition coefficient (Wildman–Crippen LogP) is 9.14. The van der Waals surface area contributed by atoms with E-state index in [4.69, 9.17) is 23.2 Å². The number of hydrogen-bond acceptors (Lipinski definition) is 2. The lowest BCUT2D eigenvalue weighted by Crippen LogP contribution is -2.02. The summed E-state index contributed by atoms with van der Waals surface area (Å²) in [5.41, 5.74) is 4.52. The maximum Gasteiger partial charge on any atom is 0.193 e. The third-order valence-corrected chi connectivity index (χ3v) is 7.34. The molecule has 5 aromatic rings. The van der Waals surface area contributed by atoms with E-state index in [9.17, 15) is 9.59 Å². The van der Waals surface area contributed by atoms with Crippen LogP contribution in [0.5, 0.6) is 0 Å². The number of unbranched alkanes of at least 4 members (excludes halogenated alkanes) is 3. The quantitative estimate of drug-likeness (QED) is 0.141. The Labute approximate surface area is 226 Å². The van der Waals surface area contributed by atoms with Crippen molar-refractivity contribution in [2.75, 3.05) is 0 Å². The van der Waals surface area contributed by atoms with Crippen molar-refractivity contribution in [2.45, 2.75) is 39.2 Å². The SMILES string of the molecule is CCCCCCn1c2ccc(C(=O)c3ccc(Cl)cc3)cc2c2cc(C(=O)c3ccc(Cl)cc3)ccc21. The fraction of sp³-hybridized carbons (Fsp3) is 0.188. The summed E-state index contributed by atoms with van der Waals surface area (Å²) in [6, 6.07) is 25.6. The van der Waals surface area contributed by atoms with E-state index < -0.39 is 0 Å². The lowest BCUT2D eigenvalue weighted by Gasteiger charge is -2.08. The molecular weight excluding hydrogens is 501 g/mol. The van der Waals surface area contributed by atoms with Crippen LogP contribution < -0.4 is 0 Å². The van der Waals surface area contributed by atoms with Gasteiger partial charge in [0.25, 0.3) is 0 Å². The Hall–Kier alpha value is -3.40. The minimum Gasteiger partial charge on any atom is -0.340 e. The van der Waals surface area contributed by atoms with Gasteiger partial charge in [-0.05, 0) is 91.3 Å². The highest BCUT2D eigenvalue weighted by molar-refractivity contribution is 6.31. The van der Waals surface area contributed by atoms with Gasteiger partial charge in [-0.2, -0.15) is 0 Å². The predicted molar refractivity (Wildman–Crippen MR) is 153 cm³/mol. The van der Waals surface area contributed by atoms with E-state index in [0.717, 1.165) is 41.2 Å². The monoisotopic (exact) mass is 527 g/mol. The summed E-state index contributed by atoms with van der Waals surface area (Å²) in [5, 5.41) is 3.12. The summed E-state index contributed by atoms with van der Waals surface area (Å²) in [4.78, 5) is 26.5. The molecule has 0 amide bonds. The third kappa shape index (κ3) is 5.20. The van der Waals surface area contributed by atoms with Crippen LogP contribution in [0.2, 0.25) is 10.0 Å². The molecule has 37 heavy (non-hydrogen) atoms. The molecule has 5 heteroatoms. The van der Waals surface area contributed by atoms with Crippen LogP contribution in [0, 0.1) is 0 Å². The van der Waals surface area contributed by atoms with Gasteiger partial charge in [0.1, 0.15) is 0 Å². The molecule has 186 valence electrons. The fourth-order valence-electron chi connectivity index (χ4n) is 4.86. The Balaban J connectivity index is 1.61. The topological polar surface area (TPSA) is 39.1 Å². The van der Waals surface area contributed by atoms with Gasteiger partial charge < -0.3 is 4.57 Å². The molecule has 4 aromatic carbocycles. The number of ketones is 2. The number of halogens is 2. The van der Waals surface area contributed by atoms with Crippen LogP contribution >= 0.6 is 23.2 Å². The van der Waals surface area contributed by atoms with Gasteiger partial charge >= 0.3 is 0 Å². The van der Waals surface area contributed by atoms with Gasteiger partial charge in [0.05, 0.1) is 0 Å². The lowest BCUT2D eigenvalue weighted by molar-refractivity contribution is 0.103. The highest BCUT2D eigenvalue weighted by Gasteiger charge is 2.17. The summed E-state index contributed by atoms with van der Waals surface area (Å²) in [5.74, 6) is -0.119. The summed E-state index contributed by atoms with van der Waals surface area (Å²) < 4.78 is 2.31. The second-order valence-electron chi connectivity index (χ2n) is 9.35. The van der Waals surface area contributed by atoms with Crippen molar-refractivity contribution in [3.63, 3.8) is 0 Å². The first kappa shape index (κ1) is 25.3. The number of rotatable bonds is 9. The molecule has 0 unspecified atom stereocenters. The standard InChI is InChI=1S/C32H27Cl2NO2/c1-2-3-4-5-18-35-29-16-10-23(31(36)21-6-12-25(33)13-7-21)19-27(29)28-20-24(11-17-30(28)35)32(37)22-8-14-26(34)15-9-22/h6-17,19-20H,2-5,18H2,1H3. The zero-order chi connectivity index (χ0) is 25.9. The molecule has 0 fully saturated rings. The summed E-state index contributed by atoms with van der Waals surface area (Å²) >= 11 is 12.0. The molecule has 0 atom stereocenters. The van der Waals surface area contributed by atoms with Gasteiger partial charge in [0.15, 0.2) is 11.6 Å². The first-order valence-electron chi connectivity index (χ1n) is 12.6. The molecule has 0 saturated carbocycles. The van der Waals surface area contributed by atoms with Gasteiger partial charge in [-0.15, -0.1) is 0 Å². The Bertz CT molecular complexity index is 1480. The second-order valence-corrected chi connectivity index (χ2v) is 10.2. The Morgan fingerprint density at radius 1 is 0.595 bits per heavy atom. The van der Waals surface area contributed by atoms with E-state index >= 15 is 0 Å². The molecule has 5 rings (SSSR count). The van der Waals surface area contributed by atoms with Crippen LogP contribution in [-0.4, -0.2) is 16.1 Å². The van der Waals surface area contributed by atoms with E-state index in [-0.39, 0.29) is 11.6 Å². The third-order valence-electron chi connectivity index (χ3n) is 6.84. The van der Waals surface area contributed by atoms with Crippen molar-refractivity contribution >= 4 is 56.6 Å². The van der Waals surface area contributed by atoms with Gasteiger partial charge in [-0.1, -0.05) is 49.4 Å². The molecular formula is C32H27Cl2NO2. The molecule has 0 aliphatic heterocycles. The molecule has 0 N–H and O–H groups in total. The van der Waals surface area contributed by atoms with Gasteiger partial charge in [-0.3, -0.25) is 9.59 Å². The van der Waals surface area contributed by atoms with Gasteiger partial charge in [-0.25, -0.2) is 0 Å². The molecule has 0 aliphatic carbocycles. The molecule has 0 radical (unpaired) electrons. The maximum absolute atomic E-state index is 13.3. The Kier molecular flexibility index (Phi) is 7.45. The number of fused-ring (bicyclic) bond motifs is 3. The van der Waals surface area contributed by atoms with Crippen LogP contribution in [0.25, 0.3) is 21.8 Å². The zero-order valence-electron chi connectivity index (χ0n) is 20.6. The smallest absolute Gasteiger partial charge is 0.193 e. The van der Waals surface area contributed by atoms with Crippen molar-refractivity contribution in [3.8, 4) is 0 Å². The minimum atomic E-state index is -0.0594. The second kappa shape index (κ2) is 10.9. The minimum absolute atomic E-state index is 0.0594. The van der Waals surface area contributed by atoms with Crippen molar-refractivity contribution in [3.05, 3.63) is 117 Å². The molecule has 1 aromatic heterocycles. The van der Waals surface area contributed by atoms with Crippen LogP contribution in [-0.2, 0) is 6.54 Å². The molecule has 0 aliphatic rings. The summed E-state index contributed by atoms with van der Waals surface area (Å²) in [6.45, 7) is 3.09. The number of nitrogens with zero attached hydrogens (tertiary/aromatic N) is 1. The highest BCUT2D eigenvalue weighted by Crippen LogP contribution is 2.32. The van der Waals surface area contributed by atoms with Crippen LogP contribution in [0.15, 0.2) is 84.9 Å². The Morgan fingerprint density at radius 3 is 1.46 bits per heavy atom. The summed E-state index contributed by atoms with van der Waals surface area (Å²) in [6.07, 6.45) is 4.62. The van der Waals surface area contributed by atoms with Crippen LogP contribution in [0.4, 0.5) is 0 Å². The van der Waals surface area contributed by atoms with Crippen molar-refractivity contribution < 1.29 is 9.59 Å². The molecule has 0 saturated heterocycles. The number of hydrogen-bond donors (Lipinski definition) is 0. The Morgan fingerprint density at radius 2 is 1.03 bits per heavy atom. The van der Waals surface area contributed by atoms with E-state index in [1.807, 2.05) is 36.4 Å². The van der Waals surface area contributed by atoms with Crippen molar-refractivity contribution in [2.24, 2.45) is 0 Å². The van der Waals surface area contributed by atoms with Crippen molar-refractivity contribution in [1.29, 1.82) is 0 Å². The fourth-order valence-corrected chi connectivity index (χ4v) is 5.11. The van der Waals surface area contributed by atoms with E-state index in [1.54, 1.807) is 48.5 Å².